The highest BCUT2D eigenvalue weighted by atomic mass is 16.5. The van der Waals surface area contributed by atoms with Gasteiger partial charge >= 0.3 is 11.9 Å². The van der Waals surface area contributed by atoms with E-state index in [9.17, 15) is 14.4 Å². The molecule has 0 aliphatic heterocycles. The topological polar surface area (TPSA) is 81.7 Å². The van der Waals surface area contributed by atoms with Crippen LogP contribution in [0.4, 0.5) is 0 Å². The van der Waals surface area contributed by atoms with Gasteiger partial charge in [-0.1, -0.05) is 32.0 Å². The van der Waals surface area contributed by atoms with Crippen molar-refractivity contribution in [2.75, 3.05) is 13.2 Å². The van der Waals surface area contributed by atoms with Crippen molar-refractivity contribution < 1.29 is 23.9 Å². The average molecular weight is 333 g/mol. The highest BCUT2D eigenvalue weighted by Gasteiger charge is 2.18. The zero-order valence-electron chi connectivity index (χ0n) is 14.2. The Labute approximate surface area is 141 Å². The van der Waals surface area contributed by atoms with Gasteiger partial charge in [0.2, 0.25) is 0 Å². The molecule has 1 amide bonds. The van der Waals surface area contributed by atoms with Crippen molar-refractivity contribution in [3.05, 3.63) is 48.0 Å². The largest absolute Gasteiger partial charge is 0.463 e. The van der Waals surface area contributed by atoms with Crippen LogP contribution in [0, 0.1) is 5.92 Å². The van der Waals surface area contributed by atoms with Crippen molar-refractivity contribution in [2.24, 2.45) is 5.92 Å². The molecule has 6 nitrogen and oxygen atoms in total. The van der Waals surface area contributed by atoms with Crippen LogP contribution in [0.5, 0.6) is 0 Å². The lowest BCUT2D eigenvalue weighted by Crippen LogP contribution is -2.42. The number of carbonyl (C=O) groups excluding carboxylic acids is 3. The molecular formula is C18H23NO5. The first-order valence-electron chi connectivity index (χ1n) is 7.81. The van der Waals surface area contributed by atoms with Crippen LogP contribution in [0.1, 0.15) is 31.1 Å². The Bertz CT molecular complexity index is 580. The van der Waals surface area contributed by atoms with Crippen molar-refractivity contribution in [1.29, 1.82) is 0 Å². The summed E-state index contributed by atoms with van der Waals surface area (Å²) in [6.07, 6.45) is 2.02. The second kappa shape index (κ2) is 10.2. The molecule has 24 heavy (non-hydrogen) atoms. The summed E-state index contributed by atoms with van der Waals surface area (Å²) in [5.41, 5.74) is 0.539. The summed E-state index contributed by atoms with van der Waals surface area (Å²) in [5, 5.41) is 2.84. The lowest BCUT2D eigenvalue weighted by molar-refractivity contribution is -0.140. The molecule has 1 unspecified atom stereocenters. The van der Waals surface area contributed by atoms with Gasteiger partial charge in [-0.3, -0.25) is 4.79 Å². The van der Waals surface area contributed by atoms with Crippen molar-refractivity contribution in [3.63, 3.8) is 0 Å². The highest BCUT2D eigenvalue weighted by Crippen LogP contribution is 2.06. The Balaban J connectivity index is 2.53. The Morgan fingerprint density at radius 3 is 2.17 bits per heavy atom. The van der Waals surface area contributed by atoms with Gasteiger partial charge in [0.15, 0.2) is 0 Å². The molecule has 0 bridgehead atoms. The number of nitrogens with one attached hydrogen (secondary N) is 1. The molecule has 0 saturated heterocycles. The fourth-order valence-corrected chi connectivity index (χ4v) is 1.79. The Morgan fingerprint density at radius 1 is 1.04 bits per heavy atom. The number of hydrogen-bond acceptors (Lipinski definition) is 5. The Morgan fingerprint density at radius 2 is 1.62 bits per heavy atom. The van der Waals surface area contributed by atoms with Gasteiger partial charge < -0.3 is 14.8 Å². The highest BCUT2D eigenvalue weighted by molar-refractivity contribution is 5.94. The average Bonchev–Trinajstić information content (AvgIpc) is 2.57. The number of benzene rings is 1. The summed E-state index contributed by atoms with van der Waals surface area (Å²) in [6.45, 7) is 5.75. The molecule has 0 heterocycles. The van der Waals surface area contributed by atoms with Crippen LogP contribution >= 0.6 is 0 Å². The van der Waals surface area contributed by atoms with Gasteiger partial charge in [-0.2, -0.15) is 0 Å². The molecule has 1 atom stereocenters. The van der Waals surface area contributed by atoms with Crippen LogP contribution in [0.15, 0.2) is 42.5 Å². The van der Waals surface area contributed by atoms with E-state index in [1.54, 1.807) is 31.2 Å². The van der Waals surface area contributed by atoms with Crippen LogP contribution in [0.2, 0.25) is 0 Å². The molecule has 0 saturated carbocycles. The summed E-state index contributed by atoms with van der Waals surface area (Å²) in [4.78, 5) is 34.9. The second-order valence-electron chi connectivity index (χ2n) is 5.41. The van der Waals surface area contributed by atoms with Crippen LogP contribution in [-0.2, 0) is 19.1 Å². The summed E-state index contributed by atoms with van der Waals surface area (Å²) in [7, 11) is 0. The molecule has 0 aliphatic carbocycles. The number of amides is 1. The van der Waals surface area contributed by atoms with Gasteiger partial charge in [-0.15, -0.1) is 0 Å². The zero-order chi connectivity index (χ0) is 17.9. The third-order valence-electron chi connectivity index (χ3n) is 3.20. The van der Waals surface area contributed by atoms with Crippen molar-refractivity contribution in [1.82, 2.24) is 5.32 Å². The van der Waals surface area contributed by atoms with E-state index in [4.69, 9.17) is 4.74 Å². The maximum absolute atomic E-state index is 12.2. The molecule has 130 valence electrons. The minimum absolute atomic E-state index is 0.0161. The van der Waals surface area contributed by atoms with E-state index in [1.165, 1.54) is 0 Å². The number of hydrogen-bond donors (Lipinski definition) is 1. The van der Waals surface area contributed by atoms with E-state index in [0.717, 1.165) is 12.2 Å². The molecular weight excluding hydrogens is 310 g/mol. The van der Waals surface area contributed by atoms with Crippen LogP contribution < -0.4 is 5.32 Å². The predicted octanol–water partition coefficient (Wildman–Crippen LogP) is 2.10. The SMILES string of the molecule is CCOC(=O)/C=C/C(=O)OCC(NC(=O)c1ccccc1)C(C)C. The van der Waals surface area contributed by atoms with Gasteiger partial charge in [0, 0.05) is 17.7 Å². The van der Waals surface area contributed by atoms with Gasteiger partial charge in [0.1, 0.15) is 6.61 Å². The Hall–Kier alpha value is -2.63. The molecule has 1 N–H and O–H groups in total. The fraction of sp³-hybridized carbons (Fsp3) is 0.389. The standard InChI is InChI=1S/C18H23NO5/c1-4-23-16(20)10-11-17(21)24-12-15(13(2)3)19-18(22)14-8-6-5-7-9-14/h5-11,13,15H,4,12H2,1-3H3,(H,19,22)/b11-10+. The van der Waals surface area contributed by atoms with E-state index in [1.807, 2.05) is 19.9 Å². The van der Waals surface area contributed by atoms with Gasteiger partial charge in [0.25, 0.3) is 5.91 Å². The molecule has 6 heteroatoms. The predicted molar refractivity (Wildman–Crippen MR) is 89.3 cm³/mol. The summed E-state index contributed by atoms with van der Waals surface area (Å²) in [5.74, 6) is -1.43. The van der Waals surface area contributed by atoms with E-state index in [2.05, 4.69) is 10.1 Å². The lowest BCUT2D eigenvalue weighted by Gasteiger charge is -2.21. The normalized spacial score (nSPS) is 12.0. The van der Waals surface area contributed by atoms with E-state index in [0.29, 0.717) is 5.56 Å². The maximum Gasteiger partial charge on any atom is 0.331 e. The van der Waals surface area contributed by atoms with Crippen molar-refractivity contribution in [2.45, 2.75) is 26.8 Å². The Kier molecular flexibility index (Phi) is 8.25. The van der Waals surface area contributed by atoms with Crippen LogP contribution in [-0.4, -0.2) is 37.1 Å². The van der Waals surface area contributed by atoms with Gasteiger partial charge in [-0.25, -0.2) is 9.59 Å². The first-order chi connectivity index (χ1) is 11.4. The van der Waals surface area contributed by atoms with Gasteiger partial charge in [-0.05, 0) is 25.0 Å². The molecule has 0 aliphatic rings. The third kappa shape index (κ3) is 7.09. The molecule has 0 aromatic heterocycles. The van der Waals surface area contributed by atoms with E-state index in [-0.39, 0.29) is 31.1 Å². The lowest BCUT2D eigenvalue weighted by atomic mass is 10.0. The van der Waals surface area contributed by atoms with E-state index < -0.39 is 11.9 Å². The number of esters is 2. The molecule has 0 fully saturated rings. The third-order valence-corrected chi connectivity index (χ3v) is 3.20. The first-order valence-corrected chi connectivity index (χ1v) is 7.81. The zero-order valence-corrected chi connectivity index (χ0v) is 14.2. The quantitative estimate of drug-likeness (QED) is 0.582. The summed E-state index contributed by atoms with van der Waals surface area (Å²) in [6, 6.07) is 8.47. The first kappa shape index (κ1) is 19.4. The number of carbonyl (C=O) groups is 3. The molecule has 0 spiro atoms. The summed E-state index contributed by atoms with van der Waals surface area (Å²) >= 11 is 0. The van der Waals surface area contributed by atoms with Crippen molar-refractivity contribution >= 4 is 17.8 Å². The van der Waals surface area contributed by atoms with E-state index >= 15 is 0 Å². The molecule has 1 aromatic carbocycles. The minimum Gasteiger partial charge on any atom is -0.463 e. The minimum atomic E-state index is -0.664. The smallest absolute Gasteiger partial charge is 0.331 e. The maximum atomic E-state index is 12.2. The molecule has 0 radical (unpaired) electrons. The second-order valence-corrected chi connectivity index (χ2v) is 5.41. The van der Waals surface area contributed by atoms with Gasteiger partial charge in [0.05, 0.1) is 12.6 Å². The molecule has 1 aromatic rings. The van der Waals surface area contributed by atoms with Crippen LogP contribution in [0.25, 0.3) is 0 Å². The van der Waals surface area contributed by atoms with Crippen molar-refractivity contribution in [3.8, 4) is 0 Å². The summed E-state index contributed by atoms with van der Waals surface area (Å²) < 4.78 is 9.75. The molecule has 1 rings (SSSR count). The monoisotopic (exact) mass is 333 g/mol. The number of rotatable bonds is 8. The van der Waals surface area contributed by atoms with Crippen LogP contribution in [0.3, 0.4) is 0 Å². The fourth-order valence-electron chi connectivity index (χ4n) is 1.79. The number of ether oxygens (including phenoxy) is 2.